The Bertz CT molecular complexity index is 1060. The zero-order valence-corrected chi connectivity index (χ0v) is 15.4. The fourth-order valence-electron chi connectivity index (χ4n) is 3.42. The lowest BCUT2D eigenvalue weighted by molar-refractivity contribution is 0.410. The molecule has 0 fully saturated rings. The van der Waals surface area contributed by atoms with E-state index in [9.17, 15) is 0 Å². The molecule has 0 aliphatic carbocycles. The summed E-state index contributed by atoms with van der Waals surface area (Å²) in [4.78, 5) is 4.69. The standard InChI is InChI=1S/C23H24N2/c1-16-14-24-22(12-19(16)13-23(2,3)4)18-8-7-17-11-21-6-5-9-25(21)15-20(17)10-18/h5-12,14-15H,13H2,1-4H3. The Morgan fingerprint density at radius 1 is 1.00 bits per heavy atom. The molecule has 0 amide bonds. The Hall–Kier alpha value is -2.61. The van der Waals surface area contributed by atoms with Gasteiger partial charge in [-0.15, -0.1) is 0 Å². The minimum atomic E-state index is 0.271. The van der Waals surface area contributed by atoms with Crippen molar-refractivity contribution in [2.75, 3.05) is 0 Å². The Balaban J connectivity index is 1.80. The SMILES string of the molecule is Cc1cnc(-c2ccc3cc4cccn4cc3c2)cc1CC(C)(C)C. The lowest BCUT2D eigenvalue weighted by atomic mass is 9.86. The fraction of sp³-hybridized carbons (Fsp3) is 0.261. The average molecular weight is 328 g/mol. The van der Waals surface area contributed by atoms with Crippen molar-refractivity contribution < 1.29 is 0 Å². The van der Waals surface area contributed by atoms with Gasteiger partial charge in [-0.3, -0.25) is 4.98 Å². The molecular formula is C23H24N2. The molecular weight excluding hydrogens is 304 g/mol. The molecule has 0 unspecified atom stereocenters. The number of aromatic nitrogens is 2. The van der Waals surface area contributed by atoms with Crippen LogP contribution < -0.4 is 0 Å². The van der Waals surface area contributed by atoms with Crippen LogP contribution in [0.15, 0.2) is 61.1 Å². The van der Waals surface area contributed by atoms with Crippen molar-refractivity contribution in [1.82, 2.24) is 9.38 Å². The van der Waals surface area contributed by atoms with E-state index in [0.29, 0.717) is 0 Å². The predicted octanol–water partition coefficient (Wildman–Crippen LogP) is 6.05. The molecule has 0 saturated carbocycles. The number of fused-ring (bicyclic) bond motifs is 2. The molecule has 2 nitrogen and oxygen atoms in total. The summed E-state index contributed by atoms with van der Waals surface area (Å²) in [7, 11) is 0. The minimum absolute atomic E-state index is 0.271. The first-order valence-corrected chi connectivity index (χ1v) is 8.85. The molecule has 0 atom stereocenters. The van der Waals surface area contributed by atoms with Gasteiger partial charge >= 0.3 is 0 Å². The van der Waals surface area contributed by atoms with E-state index >= 15 is 0 Å². The van der Waals surface area contributed by atoms with Gasteiger partial charge in [0.25, 0.3) is 0 Å². The lowest BCUT2D eigenvalue weighted by Gasteiger charge is -2.20. The summed E-state index contributed by atoms with van der Waals surface area (Å²) in [6.07, 6.45) is 7.35. The first-order valence-electron chi connectivity index (χ1n) is 8.85. The molecule has 0 aliphatic rings. The van der Waals surface area contributed by atoms with Gasteiger partial charge in [0.1, 0.15) is 0 Å². The maximum atomic E-state index is 4.69. The number of hydrogen-bond acceptors (Lipinski definition) is 1. The van der Waals surface area contributed by atoms with E-state index in [1.807, 2.05) is 6.20 Å². The molecule has 0 radical (unpaired) electrons. The maximum absolute atomic E-state index is 4.69. The third-order valence-corrected chi connectivity index (χ3v) is 4.71. The number of benzene rings is 1. The second kappa shape index (κ2) is 5.73. The minimum Gasteiger partial charge on any atom is -0.323 e. The van der Waals surface area contributed by atoms with E-state index in [4.69, 9.17) is 4.98 Å². The molecule has 0 bridgehead atoms. The second-order valence-electron chi connectivity index (χ2n) is 8.19. The molecule has 4 rings (SSSR count). The summed E-state index contributed by atoms with van der Waals surface area (Å²) < 4.78 is 2.17. The maximum Gasteiger partial charge on any atom is 0.0705 e. The molecule has 3 heterocycles. The van der Waals surface area contributed by atoms with Gasteiger partial charge in [-0.2, -0.15) is 0 Å². The molecule has 126 valence electrons. The zero-order valence-electron chi connectivity index (χ0n) is 15.4. The number of nitrogens with zero attached hydrogens (tertiary/aromatic N) is 2. The van der Waals surface area contributed by atoms with Crippen LogP contribution in [0.2, 0.25) is 0 Å². The van der Waals surface area contributed by atoms with Crippen LogP contribution in [-0.2, 0) is 6.42 Å². The van der Waals surface area contributed by atoms with Gasteiger partial charge in [0.05, 0.1) is 5.69 Å². The number of hydrogen-bond donors (Lipinski definition) is 0. The van der Waals surface area contributed by atoms with Crippen molar-refractivity contribution in [3.8, 4) is 11.3 Å². The van der Waals surface area contributed by atoms with Crippen LogP contribution in [0.4, 0.5) is 0 Å². The highest BCUT2D eigenvalue weighted by molar-refractivity contribution is 5.89. The topological polar surface area (TPSA) is 17.3 Å². The molecule has 1 aromatic carbocycles. The molecule has 0 N–H and O–H groups in total. The summed E-state index contributed by atoms with van der Waals surface area (Å²) in [6.45, 7) is 9.00. The molecule has 3 aromatic heterocycles. The van der Waals surface area contributed by atoms with Gasteiger partial charge in [0.2, 0.25) is 0 Å². The molecule has 0 spiro atoms. The Morgan fingerprint density at radius 3 is 2.64 bits per heavy atom. The van der Waals surface area contributed by atoms with Crippen molar-refractivity contribution in [1.29, 1.82) is 0 Å². The Kier molecular flexibility index (Phi) is 3.64. The van der Waals surface area contributed by atoms with Gasteiger partial charge in [0, 0.05) is 29.7 Å². The molecule has 4 aromatic rings. The average Bonchev–Trinajstić information content (AvgIpc) is 3.00. The normalized spacial score (nSPS) is 12.2. The summed E-state index contributed by atoms with van der Waals surface area (Å²) in [5, 5.41) is 2.50. The lowest BCUT2D eigenvalue weighted by Crippen LogP contribution is -2.10. The summed E-state index contributed by atoms with van der Waals surface area (Å²) in [5.41, 5.74) is 6.38. The number of pyridine rings is 2. The fourth-order valence-corrected chi connectivity index (χ4v) is 3.42. The zero-order chi connectivity index (χ0) is 17.6. The van der Waals surface area contributed by atoms with Crippen molar-refractivity contribution in [3.63, 3.8) is 0 Å². The van der Waals surface area contributed by atoms with Gasteiger partial charge < -0.3 is 4.40 Å². The highest BCUT2D eigenvalue weighted by Crippen LogP contribution is 2.28. The number of aryl methyl sites for hydroxylation is 1. The van der Waals surface area contributed by atoms with E-state index in [2.05, 4.69) is 87.0 Å². The van der Waals surface area contributed by atoms with E-state index in [0.717, 1.165) is 12.1 Å². The second-order valence-corrected chi connectivity index (χ2v) is 8.19. The Morgan fingerprint density at radius 2 is 1.84 bits per heavy atom. The van der Waals surface area contributed by atoms with E-state index in [-0.39, 0.29) is 5.41 Å². The van der Waals surface area contributed by atoms with Crippen molar-refractivity contribution in [3.05, 3.63) is 72.2 Å². The van der Waals surface area contributed by atoms with Crippen LogP contribution in [0.1, 0.15) is 31.9 Å². The number of rotatable bonds is 2. The molecule has 2 heteroatoms. The van der Waals surface area contributed by atoms with E-state index in [1.165, 1.54) is 33.0 Å². The third-order valence-electron chi connectivity index (χ3n) is 4.71. The monoisotopic (exact) mass is 328 g/mol. The van der Waals surface area contributed by atoms with Gasteiger partial charge in [0.15, 0.2) is 0 Å². The predicted molar refractivity (Wildman–Crippen MR) is 106 cm³/mol. The smallest absolute Gasteiger partial charge is 0.0705 e. The summed E-state index contributed by atoms with van der Waals surface area (Å²) in [5.74, 6) is 0. The third kappa shape index (κ3) is 3.17. The molecule has 0 aliphatic heterocycles. The molecule has 25 heavy (non-hydrogen) atoms. The summed E-state index contributed by atoms with van der Waals surface area (Å²) >= 11 is 0. The summed E-state index contributed by atoms with van der Waals surface area (Å²) in [6, 6.07) is 15.3. The highest BCUT2D eigenvalue weighted by atomic mass is 14.8. The van der Waals surface area contributed by atoms with Crippen LogP contribution in [0.25, 0.3) is 27.5 Å². The Labute approximate surface area is 149 Å². The first-order chi connectivity index (χ1) is 11.9. The van der Waals surface area contributed by atoms with Crippen LogP contribution in [-0.4, -0.2) is 9.38 Å². The van der Waals surface area contributed by atoms with Crippen molar-refractivity contribution >= 4 is 16.3 Å². The quantitative estimate of drug-likeness (QED) is 0.438. The van der Waals surface area contributed by atoms with Crippen LogP contribution in [0, 0.1) is 12.3 Å². The first kappa shape index (κ1) is 15.9. The van der Waals surface area contributed by atoms with E-state index in [1.54, 1.807) is 0 Å². The van der Waals surface area contributed by atoms with Gasteiger partial charge in [-0.05, 0) is 71.0 Å². The highest BCUT2D eigenvalue weighted by Gasteiger charge is 2.14. The van der Waals surface area contributed by atoms with Gasteiger partial charge in [-0.25, -0.2) is 0 Å². The van der Waals surface area contributed by atoms with Crippen LogP contribution in [0.3, 0.4) is 0 Å². The van der Waals surface area contributed by atoms with Crippen molar-refractivity contribution in [2.45, 2.75) is 34.1 Å². The largest absolute Gasteiger partial charge is 0.323 e. The van der Waals surface area contributed by atoms with Crippen molar-refractivity contribution in [2.24, 2.45) is 5.41 Å². The van der Waals surface area contributed by atoms with E-state index < -0.39 is 0 Å². The van der Waals surface area contributed by atoms with Crippen LogP contribution >= 0.6 is 0 Å². The molecule has 0 saturated heterocycles. The van der Waals surface area contributed by atoms with Gasteiger partial charge in [-0.1, -0.05) is 32.9 Å². The van der Waals surface area contributed by atoms with Crippen LogP contribution in [0.5, 0.6) is 0 Å².